The fraction of sp³-hybridized carbons (Fsp3) is 0.444. The van der Waals surface area contributed by atoms with Gasteiger partial charge >= 0.3 is 0 Å². The number of hydrogen-bond donors (Lipinski definition) is 0. The van der Waals surface area contributed by atoms with Crippen LogP contribution in [0.25, 0.3) is 0 Å². The number of aromatic nitrogens is 2. The molecule has 0 saturated carbocycles. The van der Waals surface area contributed by atoms with Crippen LogP contribution in [-0.2, 0) is 4.74 Å². The molecule has 15 heavy (non-hydrogen) atoms. The van der Waals surface area contributed by atoms with Crippen molar-refractivity contribution in [2.24, 2.45) is 0 Å². The maximum Gasteiger partial charge on any atom is 0.225 e. The minimum atomic E-state index is -1.26. The fourth-order valence-electron chi connectivity index (χ4n) is 1.35. The second-order valence-corrected chi connectivity index (χ2v) is 3.16. The molecule has 2 rings (SSSR count). The van der Waals surface area contributed by atoms with Crippen LogP contribution in [0.15, 0.2) is 12.4 Å². The Morgan fingerprint density at radius 3 is 2.47 bits per heavy atom. The molecule has 0 unspecified atom stereocenters. The second kappa shape index (κ2) is 4.22. The molecule has 0 amide bonds. The first kappa shape index (κ1) is 9.85. The summed E-state index contributed by atoms with van der Waals surface area (Å²) in [6.07, 6.45) is 2.51. The molecule has 0 radical (unpaired) electrons. The molecule has 6 heteroatoms. The predicted octanol–water partition coefficient (Wildman–Crippen LogP) is -1.32. The van der Waals surface area contributed by atoms with Crippen LogP contribution in [0.3, 0.4) is 0 Å². The van der Waals surface area contributed by atoms with E-state index >= 15 is 0 Å². The molecule has 1 aliphatic rings. The van der Waals surface area contributed by atoms with Gasteiger partial charge in [0.2, 0.25) is 5.95 Å². The summed E-state index contributed by atoms with van der Waals surface area (Å²) in [4.78, 5) is 20.3. The molecule has 0 aliphatic carbocycles. The van der Waals surface area contributed by atoms with Gasteiger partial charge in [-0.05, 0) is 0 Å². The lowest BCUT2D eigenvalue weighted by atomic mass is 10.3. The summed E-state index contributed by atoms with van der Waals surface area (Å²) in [6.45, 7) is 2.74. The summed E-state index contributed by atoms with van der Waals surface area (Å²) in [5.74, 6) is -0.730. The standard InChI is InChI=1S/C9H11N3O3/c13-8(14)7-5-10-9(11-6-7)12-1-3-15-4-2-12/h5-6H,1-4H2,(H,13,14)/p-1. The Morgan fingerprint density at radius 2 is 1.93 bits per heavy atom. The number of aromatic carboxylic acids is 1. The lowest BCUT2D eigenvalue weighted by molar-refractivity contribution is -0.255. The molecule has 1 aromatic rings. The van der Waals surface area contributed by atoms with Crippen molar-refractivity contribution in [3.05, 3.63) is 18.0 Å². The smallest absolute Gasteiger partial charge is 0.225 e. The maximum absolute atomic E-state index is 10.5. The van der Waals surface area contributed by atoms with E-state index in [0.29, 0.717) is 19.2 Å². The number of carboxylic acids is 1. The van der Waals surface area contributed by atoms with E-state index in [1.165, 1.54) is 12.4 Å². The van der Waals surface area contributed by atoms with E-state index < -0.39 is 5.97 Å². The number of rotatable bonds is 2. The van der Waals surface area contributed by atoms with E-state index in [-0.39, 0.29) is 5.56 Å². The first-order valence-corrected chi connectivity index (χ1v) is 4.63. The first-order valence-electron chi connectivity index (χ1n) is 4.63. The molecule has 0 aromatic carbocycles. The molecule has 1 fully saturated rings. The highest BCUT2D eigenvalue weighted by Crippen LogP contribution is 2.08. The van der Waals surface area contributed by atoms with Crippen molar-refractivity contribution in [3.63, 3.8) is 0 Å². The monoisotopic (exact) mass is 208 g/mol. The van der Waals surface area contributed by atoms with Crippen molar-refractivity contribution in [1.82, 2.24) is 9.97 Å². The van der Waals surface area contributed by atoms with Gasteiger partial charge < -0.3 is 19.5 Å². The largest absolute Gasteiger partial charge is 0.545 e. The topological polar surface area (TPSA) is 78.4 Å². The number of carboxylic acid groups (broad SMARTS) is 1. The maximum atomic E-state index is 10.5. The minimum absolute atomic E-state index is 0.00740. The van der Waals surface area contributed by atoms with Gasteiger partial charge in [0, 0.05) is 31.0 Å². The number of ether oxygens (including phenoxy) is 1. The second-order valence-electron chi connectivity index (χ2n) is 3.16. The number of carbonyl (C=O) groups excluding carboxylic acids is 1. The Hall–Kier alpha value is -1.69. The van der Waals surface area contributed by atoms with E-state index in [0.717, 1.165) is 13.1 Å². The Labute approximate surface area is 86.5 Å². The Balaban J connectivity index is 2.11. The van der Waals surface area contributed by atoms with E-state index in [4.69, 9.17) is 4.74 Å². The van der Waals surface area contributed by atoms with Gasteiger partial charge in [-0.2, -0.15) is 0 Å². The minimum Gasteiger partial charge on any atom is -0.545 e. The fourth-order valence-corrected chi connectivity index (χ4v) is 1.35. The zero-order valence-electron chi connectivity index (χ0n) is 8.05. The molecule has 1 aromatic heterocycles. The molecular formula is C9H10N3O3-. The lowest BCUT2D eigenvalue weighted by Crippen LogP contribution is -2.37. The number of carbonyl (C=O) groups is 1. The van der Waals surface area contributed by atoms with Gasteiger partial charge in [0.05, 0.1) is 19.2 Å². The molecule has 1 saturated heterocycles. The number of anilines is 1. The van der Waals surface area contributed by atoms with Crippen molar-refractivity contribution < 1.29 is 14.6 Å². The van der Waals surface area contributed by atoms with Gasteiger partial charge in [-0.1, -0.05) is 0 Å². The molecule has 0 atom stereocenters. The van der Waals surface area contributed by atoms with Gasteiger partial charge in [-0.3, -0.25) is 0 Å². The Bertz CT molecular complexity index is 346. The van der Waals surface area contributed by atoms with Crippen molar-refractivity contribution in [2.75, 3.05) is 31.2 Å². The molecule has 80 valence electrons. The third-order valence-corrected chi connectivity index (χ3v) is 2.17. The molecule has 2 heterocycles. The van der Waals surface area contributed by atoms with Gasteiger partial charge in [-0.15, -0.1) is 0 Å². The summed E-state index contributed by atoms with van der Waals surface area (Å²) in [5, 5.41) is 10.5. The first-order chi connectivity index (χ1) is 7.27. The third-order valence-electron chi connectivity index (χ3n) is 2.17. The predicted molar refractivity (Wildman–Crippen MR) is 49.4 cm³/mol. The highest BCUT2D eigenvalue weighted by atomic mass is 16.5. The van der Waals surface area contributed by atoms with Crippen LogP contribution in [0.5, 0.6) is 0 Å². The van der Waals surface area contributed by atoms with Crippen molar-refractivity contribution >= 4 is 11.9 Å². The summed E-state index contributed by atoms with van der Waals surface area (Å²) in [6, 6.07) is 0. The van der Waals surface area contributed by atoms with E-state index in [1.54, 1.807) is 0 Å². The molecule has 1 aliphatic heterocycles. The number of nitrogens with zero attached hydrogens (tertiary/aromatic N) is 3. The average molecular weight is 208 g/mol. The average Bonchev–Trinajstić information content (AvgIpc) is 2.30. The molecule has 0 spiro atoms. The van der Waals surface area contributed by atoms with Crippen LogP contribution in [0.4, 0.5) is 5.95 Å². The molecule has 0 N–H and O–H groups in total. The van der Waals surface area contributed by atoms with Crippen molar-refractivity contribution in [1.29, 1.82) is 0 Å². The van der Waals surface area contributed by atoms with E-state index in [1.807, 2.05) is 4.90 Å². The van der Waals surface area contributed by atoms with Gasteiger partial charge in [-0.25, -0.2) is 9.97 Å². The Kier molecular flexibility index (Phi) is 2.77. The lowest BCUT2D eigenvalue weighted by Gasteiger charge is -2.26. The molecule has 0 bridgehead atoms. The normalized spacial score (nSPS) is 16.4. The zero-order valence-corrected chi connectivity index (χ0v) is 8.05. The van der Waals surface area contributed by atoms with Crippen LogP contribution in [0, 0.1) is 0 Å². The highest BCUT2D eigenvalue weighted by Gasteiger charge is 2.13. The van der Waals surface area contributed by atoms with Crippen LogP contribution in [0.1, 0.15) is 10.4 Å². The van der Waals surface area contributed by atoms with Crippen LogP contribution in [0.2, 0.25) is 0 Å². The summed E-state index contributed by atoms with van der Waals surface area (Å²) in [7, 11) is 0. The van der Waals surface area contributed by atoms with Crippen molar-refractivity contribution in [3.8, 4) is 0 Å². The molecular weight excluding hydrogens is 198 g/mol. The zero-order chi connectivity index (χ0) is 10.7. The van der Waals surface area contributed by atoms with Gasteiger partial charge in [0.25, 0.3) is 0 Å². The van der Waals surface area contributed by atoms with Crippen molar-refractivity contribution in [2.45, 2.75) is 0 Å². The molecule has 6 nitrogen and oxygen atoms in total. The quantitative estimate of drug-likeness (QED) is 0.599. The summed E-state index contributed by atoms with van der Waals surface area (Å²) < 4.78 is 5.18. The number of hydrogen-bond acceptors (Lipinski definition) is 6. The van der Waals surface area contributed by atoms with Gasteiger partial charge in [0.1, 0.15) is 0 Å². The third kappa shape index (κ3) is 2.21. The Morgan fingerprint density at radius 1 is 1.33 bits per heavy atom. The van der Waals surface area contributed by atoms with E-state index in [2.05, 4.69) is 9.97 Å². The van der Waals surface area contributed by atoms with E-state index in [9.17, 15) is 9.90 Å². The van der Waals surface area contributed by atoms with Crippen LogP contribution < -0.4 is 10.0 Å². The SMILES string of the molecule is O=C([O-])c1cnc(N2CCOCC2)nc1. The number of morpholine rings is 1. The highest BCUT2D eigenvalue weighted by molar-refractivity contribution is 5.84. The van der Waals surface area contributed by atoms with Gasteiger partial charge in [0.15, 0.2) is 0 Å². The van der Waals surface area contributed by atoms with Crippen LogP contribution >= 0.6 is 0 Å². The summed E-state index contributed by atoms with van der Waals surface area (Å²) in [5.41, 5.74) is -0.00740. The summed E-state index contributed by atoms with van der Waals surface area (Å²) >= 11 is 0. The van der Waals surface area contributed by atoms with Crippen LogP contribution in [-0.4, -0.2) is 42.2 Å².